The predicted octanol–water partition coefficient (Wildman–Crippen LogP) is 1.69. The number of anilines is 1. The van der Waals surface area contributed by atoms with Gasteiger partial charge in [0, 0.05) is 11.7 Å². The van der Waals surface area contributed by atoms with Crippen molar-refractivity contribution in [3.8, 4) is 0 Å². The molecule has 0 amide bonds. The van der Waals surface area contributed by atoms with E-state index < -0.39 is 0 Å². The molecule has 13 heavy (non-hydrogen) atoms. The first kappa shape index (κ1) is 9.99. The van der Waals surface area contributed by atoms with E-state index in [-0.39, 0.29) is 11.9 Å². The molecule has 0 aliphatic rings. The molecule has 0 aliphatic carbocycles. The topological polar surface area (TPSA) is 52.0 Å². The van der Waals surface area contributed by atoms with Crippen LogP contribution in [0, 0.1) is 5.82 Å². The molecule has 0 saturated heterocycles. The Morgan fingerprint density at radius 2 is 2.15 bits per heavy atom. The van der Waals surface area contributed by atoms with Crippen molar-refractivity contribution in [3.63, 3.8) is 0 Å². The van der Waals surface area contributed by atoms with Crippen molar-refractivity contribution < 1.29 is 4.39 Å². The number of rotatable bonds is 3. The summed E-state index contributed by atoms with van der Waals surface area (Å²) in [4.78, 5) is 0. The van der Waals surface area contributed by atoms with Crippen LogP contribution in [0.4, 0.5) is 10.1 Å². The zero-order valence-electron chi connectivity index (χ0n) is 7.76. The lowest BCUT2D eigenvalue weighted by atomic mass is 10.1. The van der Waals surface area contributed by atoms with Gasteiger partial charge in [0.15, 0.2) is 0 Å². The SMILES string of the molecule is C[C@H](N)CCc1ccc(N)cc1F. The fourth-order valence-electron chi connectivity index (χ4n) is 1.15. The van der Waals surface area contributed by atoms with Gasteiger partial charge in [-0.25, -0.2) is 4.39 Å². The predicted molar refractivity (Wildman–Crippen MR) is 52.8 cm³/mol. The number of aryl methyl sites for hydroxylation is 1. The molecule has 0 spiro atoms. The average Bonchev–Trinajstić information content (AvgIpc) is 2.02. The molecule has 0 aromatic heterocycles. The monoisotopic (exact) mass is 182 g/mol. The van der Waals surface area contributed by atoms with Crippen molar-refractivity contribution in [1.29, 1.82) is 0 Å². The molecule has 0 radical (unpaired) electrons. The molecule has 2 nitrogen and oxygen atoms in total. The summed E-state index contributed by atoms with van der Waals surface area (Å²) in [5, 5.41) is 0. The highest BCUT2D eigenvalue weighted by molar-refractivity contribution is 5.40. The van der Waals surface area contributed by atoms with Crippen LogP contribution >= 0.6 is 0 Å². The van der Waals surface area contributed by atoms with Crippen LogP contribution in [-0.2, 0) is 6.42 Å². The first-order valence-corrected chi connectivity index (χ1v) is 4.39. The van der Waals surface area contributed by atoms with E-state index >= 15 is 0 Å². The summed E-state index contributed by atoms with van der Waals surface area (Å²) in [7, 11) is 0. The molecule has 1 rings (SSSR count). The summed E-state index contributed by atoms with van der Waals surface area (Å²) >= 11 is 0. The maximum absolute atomic E-state index is 13.2. The van der Waals surface area contributed by atoms with E-state index in [4.69, 9.17) is 11.5 Å². The molecule has 1 aromatic rings. The molecule has 1 aromatic carbocycles. The van der Waals surface area contributed by atoms with Crippen LogP contribution in [0.3, 0.4) is 0 Å². The smallest absolute Gasteiger partial charge is 0.128 e. The second-order valence-electron chi connectivity index (χ2n) is 3.37. The molecule has 0 heterocycles. The van der Waals surface area contributed by atoms with Crippen LogP contribution in [0.15, 0.2) is 18.2 Å². The van der Waals surface area contributed by atoms with E-state index in [1.165, 1.54) is 6.07 Å². The maximum Gasteiger partial charge on any atom is 0.128 e. The lowest BCUT2D eigenvalue weighted by Gasteiger charge is -2.06. The Labute approximate surface area is 77.7 Å². The normalized spacial score (nSPS) is 12.8. The largest absolute Gasteiger partial charge is 0.399 e. The van der Waals surface area contributed by atoms with Crippen molar-refractivity contribution in [2.45, 2.75) is 25.8 Å². The van der Waals surface area contributed by atoms with Crippen LogP contribution in [0.5, 0.6) is 0 Å². The van der Waals surface area contributed by atoms with Gasteiger partial charge in [-0.05, 0) is 37.5 Å². The summed E-state index contributed by atoms with van der Waals surface area (Å²) < 4.78 is 13.2. The quantitative estimate of drug-likeness (QED) is 0.699. The van der Waals surface area contributed by atoms with Crippen LogP contribution in [0.2, 0.25) is 0 Å². The van der Waals surface area contributed by atoms with Gasteiger partial charge in [-0.15, -0.1) is 0 Å². The number of benzene rings is 1. The van der Waals surface area contributed by atoms with E-state index in [0.29, 0.717) is 17.7 Å². The highest BCUT2D eigenvalue weighted by Gasteiger charge is 2.03. The van der Waals surface area contributed by atoms with Crippen LogP contribution < -0.4 is 11.5 Å². The van der Waals surface area contributed by atoms with Crippen LogP contribution in [0.1, 0.15) is 18.9 Å². The third-order valence-electron chi connectivity index (χ3n) is 1.95. The Hall–Kier alpha value is -1.09. The second-order valence-corrected chi connectivity index (χ2v) is 3.37. The molecule has 0 fully saturated rings. The first-order valence-electron chi connectivity index (χ1n) is 4.39. The van der Waals surface area contributed by atoms with Gasteiger partial charge in [-0.1, -0.05) is 6.07 Å². The van der Waals surface area contributed by atoms with Gasteiger partial charge in [0.2, 0.25) is 0 Å². The molecule has 72 valence electrons. The first-order chi connectivity index (χ1) is 6.09. The standard InChI is InChI=1S/C10H15FN2/c1-7(12)2-3-8-4-5-9(13)6-10(8)11/h4-7H,2-3,12-13H2,1H3/t7-/m0/s1. The van der Waals surface area contributed by atoms with Gasteiger partial charge in [-0.3, -0.25) is 0 Å². The van der Waals surface area contributed by atoms with Crippen molar-refractivity contribution in [3.05, 3.63) is 29.6 Å². The minimum absolute atomic E-state index is 0.108. The minimum atomic E-state index is -0.236. The number of nitrogens with two attached hydrogens (primary N) is 2. The third-order valence-corrected chi connectivity index (χ3v) is 1.95. The van der Waals surface area contributed by atoms with E-state index in [0.717, 1.165) is 6.42 Å². The Morgan fingerprint density at radius 1 is 1.46 bits per heavy atom. The van der Waals surface area contributed by atoms with Gasteiger partial charge in [0.1, 0.15) is 5.82 Å². The Bertz CT molecular complexity index is 284. The van der Waals surface area contributed by atoms with E-state index in [2.05, 4.69) is 0 Å². The molecular formula is C10H15FN2. The van der Waals surface area contributed by atoms with Gasteiger partial charge < -0.3 is 11.5 Å². The summed E-state index contributed by atoms with van der Waals surface area (Å²) in [5.41, 5.74) is 12.1. The fourth-order valence-corrected chi connectivity index (χ4v) is 1.15. The molecule has 1 atom stereocenters. The van der Waals surface area contributed by atoms with Crippen molar-refractivity contribution >= 4 is 5.69 Å². The molecule has 0 aliphatic heterocycles. The maximum atomic E-state index is 13.2. The lowest BCUT2D eigenvalue weighted by molar-refractivity contribution is 0.591. The molecular weight excluding hydrogens is 167 g/mol. The number of hydrogen-bond acceptors (Lipinski definition) is 2. The number of halogens is 1. The fraction of sp³-hybridized carbons (Fsp3) is 0.400. The third kappa shape index (κ3) is 3.03. The molecule has 0 unspecified atom stereocenters. The summed E-state index contributed by atoms with van der Waals surface area (Å²) in [6.45, 7) is 1.91. The highest BCUT2D eigenvalue weighted by atomic mass is 19.1. The van der Waals surface area contributed by atoms with Gasteiger partial charge in [0.05, 0.1) is 0 Å². The molecule has 0 saturated carbocycles. The number of hydrogen-bond donors (Lipinski definition) is 2. The molecule has 4 N–H and O–H groups in total. The zero-order chi connectivity index (χ0) is 9.84. The van der Waals surface area contributed by atoms with Crippen molar-refractivity contribution in [2.75, 3.05) is 5.73 Å². The lowest BCUT2D eigenvalue weighted by Crippen LogP contribution is -2.15. The van der Waals surface area contributed by atoms with Crippen molar-refractivity contribution in [1.82, 2.24) is 0 Å². The average molecular weight is 182 g/mol. The Balaban J connectivity index is 2.67. The van der Waals surface area contributed by atoms with Gasteiger partial charge in [-0.2, -0.15) is 0 Å². The summed E-state index contributed by atoms with van der Waals surface area (Å²) in [5.74, 6) is -0.236. The van der Waals surface area contributed by atoms with Crippen molar-refractivity contribution in [2.24, 2.45) is 5.73 Å². The Kier molecular flexibility index (Phi) is 3.25. The van der Waals surface area contributed by atoms with E-state index in [9.17, 15) is 4.39 Å². The van der Waals surface area contributed by atoms with Gasteiger partial charge >= 0.3 is 0 Å². The summed E-state index contributed by atoms with van der Waals surface area (Å²) in [6, 6.07) is 4.88. The molecule has 0 bridgehead atoms. The molecule has 3 heteroatoms. The summed E-state index contributed by atoms with van der Waals surface area (Å²) in [6.07, 6.45) is 1.46. The Morgan fingerprint density at radius 3 is 2.69 bits per heavy atom. The van der Waals surface area contributed by atoms with E-state index in [1.54, 1.807) is 12.1 Å². The van der Waals surface area contributed by atoms with Crippen LogP contribution in [0.25, 0.3) is 0 Å². The number of nitrogen functional groups attached to an aromatic ring is 1. The van der Waals surface area contributed by atoms with E-state index in [1.807, 2.05) is 6.92 Å². The zero-order valence-corrected chi connectivity index (χ0v) is 7.76. The van der Waals surface area contributed by atoms with Crippen LogP contribution in [-0.4, -0.2) is 6.04 Å². The minimum Gasteiger partial charge on any atom is -0.399 e. The van der Waals surface area contributed by atoms with Gasteiger partial charge in [0.25, 0.3) is 0 Å². The second kappa shape index (κ2) is 4.23. The highest BCUT2D eigenvalue weighted by Crippen LogP contribution is 2.13.